The fourth-order valence-electron chi connectivity index (χ4n) is 5.88. The molecule has 2 N–H and O–H groups in total. The van der Waals surface area contributed by atoms with Crippen LogP contribution in [0.5, 0.6) is 0 Å². The van der Waals surface area contributed by atoms with Gasteiger partial charge in [-0.25, -0.2) is 9.67 Å². The van der Waals surface area contributed by atoms with Gasteiger partial charge in [0.25, 0.3) is 5.91 Å². The summed E-state index contributed by atoms with van der Waals surface area (Å²) in [5.74, 6) is -0.830. The molecular formula is C32H48FN7O3Si. The van der Waals surface area contributed by atoms with E-state index in [0.717, 1.165) is 37.4 Å². The Morgan fingerprint density at radius 3 is 2.48 bits per heavy atom. The molecule has 240 valence electrons. The number of rotatable bonds is 13. The van der Waals surface area contributed by atoms with Gasteiger partial charge in [0.2, 0.25) is 11.9 Å². The predicted molar refractivity (Wildman–Crippen MR) is 173 cm³/mol. The quantitative estimate of drug-likeness (QED) is 0.136. The first-order valence-electron chi connectivity index (χ1n) is 15.9. The molecule has 0 unspecified atom stereocenters. The number of aryl methyl sites for hydroxylation is 2. The summed E-state index contributed by atoms with van der Waals surface area (Å²) in [6.07, 6.45) is 5.81. The summed E-state index contributed by atoms with van der Waals surface area (Å²) in [6.45, 7) is 16.4. The average molecular weight is 626 g/mol. The Morgan fingerprint density at radius 2 is 1.84 bits per heavy atom. The highest BCUT2D eigenvalue weighted by Gasteiger charge is 2.33. The van der Waals surface area contributed by atoms with Gasteiger partial charge >= 0.3 is 0 Å². The van der Waals surface area contributed by atoms with Crippen molar-refractivity contribution < 1.29 is 18.7 Å². The van der Waals surface area contributed by atoms with Crippen LogP contribution in [0.25, 0.3) is 11.1 Å². The molecule has 1 fully saturated rings. The van der Waals surface area contributed by atoms with Crippen LogP contribution in [0.1, 0.15) is 68.3 Å². The van der Waals surface area contributed by atoms with Gasteiger partial charge in [0.15, 0.2) is 0 Å². The van der Waals surface area contributed by atoms with Gasteiger partial charge in [-0.1, -0.05) is 46.3 Å². The summed E-state index contributed by atoms with van der Waals surface area (Å²) in [5.41, 5.74) is 2.97. The van der Waals surface area contributed by atoms with Crippen molar-refractivity contribution in [1.82, 2.24) is 29.9 Å². The largest absolute Gasteiger partial charge is 0.360 e. The van der Waals surface area contributed by atoms with Crippen LogP contribution in [-0.2, 0) is 29.2 Å². The lowest BCUT2D eigenvalue weighted by molar-refractivity contribution is -0.119. The Morgan fingerprint density at radius 1 is 1.11 bits per heavy atom. The standard InChI is InChI=1S/C32H48FN7O3Si/c1-8-25-28(22(4)38-40(25)20-43-18-19-44(5,6)7)24-14-15-27(35-30(24)33)36-32(42)29(23-12-10-21(3)11-13-23)37-31(41)26-16-17-34-39(26)9-2/h14-17,21,23,29H,8-13,18-20H2,1-7H3,(H,37,41)(H,35,36,42)/t21?,23?,29-/m0/s1. The van der Waals surface area contributed by atoms with Crippen LogP contribution in [-0.4, -0.2) is 57.1 Å². The van der Waals surface area contributed by atoms with E-state index in [-0.39, 0.29) is 17.6 Å². The molecule has 1 aliphatic carbocycles. The molecule has 10 nitrogen and oxygen atoms in total. The lowest BCUT2D eigenvalue weighted by atomic mass is 9.79. The van der Waals surface area contributed by atoms with Crippen LogP contribution >= 0.6 is 0 Å². The highest BCUT2D eigenvalue weighted by atomic mass is 28.3. The summed E-state index contributed by atoms with van der Waals surface area (Å²) < 4.78 is 24.9. The molecule has 12 heteroatoms. The van der Waals surface area contributed by atoms with E-state index in [1.807, 2.05) is 20.8 Å². The smallest absolute Gasteiger partial charge is 0.270 e. The summed E-state index contributed by atoms with van der Waals surface area (Å²) >= 11 is 0. The number of carbonyl (C=O) groups excluding carboxylic acids is 2. The Balaban J connectivity index is 1.52. The van der Waals surface area contributed by atoms with E-state index in [9.17, 15) is 9.59 Å². The number of amides is 2. The second-order valence-corrected chi connectivity index (χ2v) is 18.8. The minimum atomic E-state index is -1.21. The van der Waals surface area contributed by atoms with E-state index in [1.165, 1.54) is 0 Å². The number of hydrogen-bond donors (Lipinski definition) is 2. The van der Waals surface area contributed by atoms with Gasteiger partial charge in [0.05, 0.1) is 5.69 Å². The van der Waals surface area contributed by atoms with E-state index in [4.69, 9.17) is 4.74 Å². The van der Waals surface area contributed by atoms with Gasteiger partial charge in [-0.3, -0.25) is 14.3 Å². The van der Waals surface area contributed by atoms with Crippen molar-refractivity contribution in [3.05, 3.63) is 47.4 Å². The Kier molecular flexibility index (Phi) is 11.1. The zero-order valence-electron chi connectivity index (χ0n) is 27.2. The second-order valence-electron chi connectivity index (χ2n) is 13.1. The zero-order chi connectivity index (χ0) is 32.0. The van der Waals surface area contributed by atoms with Gasteiger partial charge in [-0.05, 0) is 69.2 Å². The first-order valence-corrected chi connectivity index (χ1v) is 19.6. The van der Waals surface area contributed by atoms with Crippen molar-refractivity contribution in [2.75, 3.05) is 11.9 Å². The first-order chi connectivity index (χ1) is 20.9. The van der Waals surface area contributed by atoms with Crippen molar-refractivity contribution >= 4 is 25.7 Å². The van der Waals surface area contributed by atoms with Gasteiger partial charge in [0, 0.05) is 44.2 Å². The van der Waals surface area contributed by atoms with Crippen LogP contribution in [0, 0.1) is 24.7 Å². The van der Waals surface area contributed by atoms with Crippen LogP contribution in [0.4, 0.5) is 10.2 Å². The number of halogens is 1. The number of nitrogens with one attached hydrogen (secondary N) is 2. The number of anilines is 1. The third-order valence-electron chi connectivity index (χ3n) is 8.50. The number of pyridine rings is 1. The molecule has 0 spiro atoms. The predicted octanol–water partition coefficient (Wildman–Crippen LogP) is 6.05. The summed E-state index contributed by atoms with van der Waals surface area (Å²) in [5, 5.41) is 14.5. The first kappa shape index (κ1) is 33.5. The number of aromatic nitrogens is 5. The minimum absolute atomic E-state index is 0.0363. The topological polar surface area (TPSA) is 116 Å². The second kappa shape index (κ2) is 14.6. The molecule has 2 amide bonds. The summed E-state index contributed by atoms with van der Waals surface area (Å²) in [4.78, 5) is 30.9. The van der Waals surface area contributed by atoms with Gasteiger partial charge in [0.1, 0.15) is 24.3 Å². The third kappa shape index (κ3) is 8.20. The Hall–Kier alpha value is -3.38. The molecule has 44 heavy (non-hydrogen) atoms. The molecule has 3 heterocycles. The van der Waals surface area contributed by atoms with Crippen molar-refractivity contribution in [3.63, 3.8) is 0 Å². The van der Waals surface area contributed by atoms with Crippen molar-refractivity contribution in [1.29, 1.82) is 0 Å². The Labute approximate surface area is 261 Å². The monoisotopic (exact) mass is 625 g/mol. The minimum Gasteiger partial charge on any atom is -0.360 e. The molecule has 0 aromatic carbocycles. The SMILES string of the molecule is CCc1c(-c2ccc(NC(=O)[C@@H](NC(=O)c3ccnn3CC)C3CCC(C)CC3)nc2F)c(C)nn1COCC[Si](C)(C)C. The van der Waals surface area contributed by atoms with Crippen LogP contribution < -0.4 is 10.6 Å². The molecule has 0 saturated heterocycles. The molecule has 1 saturated carbocycles. The van der Waals surface area contributed by atoms with Crippen molar-refractivity contribution in [3.8, 4) is 11.1 Å². The number of nitrogens with zero attached hydrogens (tertiary/aromatic N) is 5. The fraction of sp³-hybridized carbons (Fsp3) is 0.594. The molecule has 0 radical (unpaired) electrons. The highest BCUT2D eigenvalue weighted by molar-refractivity contribution is 6.76. The van der Waals surface area contributed by atoms with E-state index >= 15 is 4.39 Å². The summed E-state index contributed by atoms with van der Waals surface area (Å²) in [6, 6.07) is 5.15. The molecule has 3 aromatic rings. The normalized spacial score (nSPS) is 17.8. The third-order valence-corrected chi connectivity index (χ3v) is 10.2. The Bertz CT molecular complexity index is 1440. The van der Waals surface area contributed by atoms with Gasteiger partial charge < -0.3 is 15.4 Å². The van der Waals surface area contributed by atoms with Crippen molar-refractivity contribution in [2.45, 2.75) is 105 Å². The maximum Gasteiger partial charge on any atom is 0.270 e. The van der Waals surface area contributed by atoms with Crippen LogP contribution in [0.15, 0.2) is 24.4 Å². The average Bonchev–Trinajstić information content (AvgIpc) is 3.58. The molecular weight excluding hydrogens is 577 g/mol. The summed E-state index contributed by atoms with van der Waals surface area (Å²) in [7, 11) is -1.21. The van der Waals surface area contributed by atoms with E-state index in [1.54, 1.807) is 33.8 Å². The lowest BCUT2D eigenvalue weighted by Gasteiger charge is -2.32. The number of hydrogen-bond acceptors (Lipinski definition) is 6. The number of ether oxygens (including phenoxy) is 1. The van der Waals surface area contributed by atoms with E-state index in [2.05, 4.69) is 52.4 Å². The fourth-order valence-corrected chi connectivity index (χ4v) is 6.64. The highest BCUT2D eigenvalue weighted by Crippen LogP contribution is 2.32. The lowest BCUT2D eigenvalue weighted by Crippen LogP contribution is -2.49. The van der Waals surface area contributed by atoms with Crippen LogP contribution in [0.2, 0.25) is 25.7 Å². The van der Waals surface area contributed by atoms with Gasteiger partial charge in [-0.15, -0.1) is 0 Å². The van der Waals surface area contributed by atoms with Crippen LogP contribution in [0.3, 0.4) is 0 Å². The molecule has 0 aliphatic heterocycles. The molecule has 1 atom stereocenters. The number of carbonyl (C=O) groups is 2. The maximum absolute atomic E-state index is 15.6. The molecule has 1 aliphatic rings. The van der Waals surface area contributed by atoms with Gasteiger partial charge in [-0.2, -0.15) is 14.6 Å². The van der Waals surface area contributed by atoms with E-state index in [0.29, 0.717) is 54.7 Å². The van der Waals surface area contributed by atoms with E-state index < -0.39 is 26.0 Å². The molecule has 0 bridgehead atoms. The zero-order valence-corrected chi connectivity index (χ0v) is 28.2. The maximum atomic E-state index is 15.6. The van der Waals surface area contributed by atoms with Crippen molar-refractivity contribution in [2.24, 2.45) is 11.8 Å². The molecule has 4 rings (SSSR count). The molecule has 3 aromatic heterocycles.